The van der Waals surface area contributed by atoms with Gasteiger partial charge in [0.05, 0.1) is 10.8 Å². The second-order valence-corrected chi connectivity index (χ2v) is 8.89. The van der Waals surface area contributed by atoms with Crippen molar-refractivity contribution in [3.05, 3.63) is 16.1 Å². The average molecular weight is 389 g/mol. The van der Waals surface area contributed by atoms with E-state index in [0.717, 1.165) is 6.42 Å². The van der Waals surface area contributed by atoms with Crippen LogP contribution in [-0.4, -0.2) is 59.6 Å². The van der Waals surface area contributed by atoms with E-state index in [9.17, 15) is 18.0 Å². The molecule has 1 aliphatic rings. The van der Waals surface area contributed by atoms with E-state index < -0.39 is 22.0 Å². The van der Waals surface area contributed by atoms with Gasteiger partial charge in [0.15, 0.2) is 5.69 Å². The summed E-state index contributed by atoms with van der Waals surface area (Å²) < 4.78 is 26.0. The minimum absolute atomic E-state index is 0.00434. The van der Waals surface area contributed by atoms with Crippen LogP contribution < -0.4 is 5.32 Å². The molecule has 0 aliphatic carbocycles. The van der Waals surface area contributed by atoms with Gasteiger partial charge >= 0.3 is 5.97 Å². The highest BCUT2D eigenvalue weighted by atomic mass is 32.2. The van der Waals surface area contributed by atoms with E-state index in [0.29, 0.717) is 43.8 Å². The van der Waals surface area contributed by atoms with Crippen molar-refractivity contribution in [3.8, 4) is 0 Å². The molecule has 0 saturated carbocycles. The summed E-state index contributed by atoms with van der Waals surface area (Å²) in [6.45, 7) is 2.61. The van der Waals surface area contributed by atoms with E-state index in [2.05, 4.69) is 10.3 Å². The maximum atomic E-state index is 12.4. The summed E-state index contributed by atoms with van der Waals surface area (Å²) in [5, 5.41) is 13.7. The van der Waals surface area contributed by atoms with Crippen LogP contribution in [0.5, 0.6) is 0 Å². The molecule has 0 aromatic carbocycles. The van der Waals surface area contributed by atoms with Gasteiger partial charge in [-0.25, -0.2) is 18.2 Å². The van der Waals surface area contributed by atoms with E-state index in [1.54, 1.807) is 0 Å². The second kappa shape index (κ2) is 8.72. The Kier molecular flexibility index (Phi) is 6.91. The third-order valence-corrected chi connectivity index (χ3v) is 6.89. The van der Waals surface area contributed by atoms with Crippen LogP contribution in [0.25, 0.3) is 0 Å². The van der Waals surface area contributed by atoms with Gasteiger partial charge in [-0.1, -0.05) is 13.3 Å². The van der Waals surface area contributed by atoms with E-state index in [4.69, 9.17) is 5.11 Å². The number of hydrogen-bond donors (Lipinski definition) is 2. The third kappa shape index (κ3) is 5.23. The smallest absolute Gasteiger partial charge is 0.355 e. The van der Waals surface area contributed by atoms with Crippen molar-refractivity contribution in [2.75, 3.05) is 18.8 Å². The first-order valence-corrected chi connectivity index (χ1v) is 10.8. The Balaban J connectivity index is 1.87. The maximum absolute atomic E-state index is 12.4. The number of carbonyl (C=O) groups is 2. The number of aromatic nitrogens is 1. The van der Waals surface area contributed by atoms with E-state index in [1.165, 1.54) is 21.0 Å². The summed E-state index contributed by atoms with van der Waals surface area (Å²) in [7, 11) is -3.40. The molecule has 8 nitrogen and oxygen atoms in total. The fraction of sp³-hybridized carbons (Fsp3) is 0.667. The molecule has 1 fully saturated rings. The summed E-state index contributed by atoms with van der Waals surface area (Å²) >= 11 is 1.23. The summed E-state index contributed by atoms with van der Waals surface area (Å²) in [6, 6.07) is -0.646. The summed E-state index contributed by atoms with van der Waals surface area (Å²) in [5.41, 5.74) is -0.00434. The van der Waals surface area contributed by atoms with Crippen LogP contribution in [0.1, 0.15) is 48.1 Å². The summed E-state index contributed by atoms with van der Waals surface area (Å²) in [6.07, 6.45) is 2.99. The number of carbonyl (C=O) groups excluding carboxylic acids is 1. The number of rotatable bonds is 9. The number of nitrogens with one attached hydrogen (secondary N) is 1. The molecular formula is C15H23N3O5S2. The van der Waals surface area contributed by atoms with Gasteiger partial charge in [-0.15, -0.1) is 11.3 Å². The number of nitrogens with zero attached hydrogens (tertiary/aromatic N) is 2. The number of hydrogen-bond acceptors (Lipinski definition) is 6. The standard InChI is InChI=1S/C15H23N3O5S2/c1-2-3-9-25(22,23)18-8-4-5-12(18)14(19)16-7-6-13-17-11(10-24-13)15(20)21/h10,12H,2-9H2,1H3,(H,16,19)(H,20,21). The highest BCUT2D eigenvalue weighted by molar-refractivity contribution is 7.89. The van der Waals surface area contributed by atoms with Crippen molar-refractivity contribution >= 4 is 33.2 Å². The van der Waals surface area contributed by atoms with Crippen LogP contribution in [0.3, 0.4) is 0 Å². The third-order valence-electron chi connectivity index (χ3n) is 4.03. The molecule has 2 rings (SSSR count). The molecule has 1 amide bonds. The first-order chi connectivity index (χ1) is 11.8. The SMILES string of the molecule is CCCCS(=O)(=O)N1CCCC1C(=O)NCCc1nc(C(=O)O)cs1. The quantitative estimate of drug-likeness (QED) is 0.653. The molecule has 0 radical (unpaired) electrons. The molecule has 2 heterocycles. The minimum Gasteiger partial charge on any atom is -0.476 e. The van der Waals surface area contributed by atoms with Gasteiger partial charge in [0.2, 0.25) is 15.9 Å². The molecule has 1 unspecified atom stereocenters. The van der Waals surface area contributed by atoms with Crippen molar-refractivity contribution in [2.24, 2.45) is 0 Å². The van der Waals surface area contributed by atoms with Crippen molar-refractivity contribution in [1.29, 1.82) is 0 Å². The Hall–Kier alpha value is -1.52. The summed E-state index contributed by atoms with van der Waals surface area (Å²) in [5.74, 6) is -1.30. The zero-order valence-electron chi connectivity index (χ0n) is 14.1. The fourth-order valence-corrected chi connectivity index (χ4v) is 5.37. The minimum atomic E-state index is -3.40. The summed E-state index contributed by atoms with van der Waals surface area (Å²) in [4.78, 5) is 27.1. The Morgan fingerprint density at radius 1 is 1.48 bits per heavy atom. The van der Waals surface area contributed by atoms with Gasteiger partial charge in [-0.3, -0.25) is 4.79 Å². The molecule has 10 heteroatoms. The van der Waals surface area contributed by atoms with Crippen molar-refractivity contribution in [2.45, 2.75) is 45.1 Å². The number of carboxylic acid groups (broad SMARTS) is 1. The number of thiazole rings is 1. The number of carboxylic acids is 1. The number of unbranched alkanes of at least 4 members (excludes halogenated alkanes) is 1. The van der Waals surface area contributed by atoms with Gasteiger partial charge in [0.1, 0.15) is 6.04 Å². The predicted molar refractivity (Wildman–Crippen MR) is 94.2 cm³/mol. The lowest BCUT2D eigenvalue weighted by Gasteiger charge is -2.23. The zero-order chi connectivity index (χ0) is 18.4. The van der Waals surface area contributed by atoms with Crippen molar-refractivity contribution < 1.29 is 23.1 Å². The van der Waals surface area contributed by atoms with Crippen LogP contribution in [-0.2, 0) is 21.2 Å². The lowest BCUT2D eigenvalue weighted by atomic mass is 10.2. The molecule has 1 aromatic rings. The zero-order valence-corrected chi connectivity index (χ0v) is 15.7. The Labute approximate surface area is 151 Å². The fourth-order valence-electron chi connectivity index (χ4n) is 2.71. The molecule has 0 bridgehead atoms. The van der Waals surface area contributed by atoms with Gasteiger partial charge < -0.3 is 10.4 Å². The van der Waals surface area contributed by atoms with Gasteiger partial charge in [0, 0.05) is 24.9 Å². The molecule has 2 N–H and O–H groups in total. The first kappa shape index (κ1) is 19.8. The van der Waals surface area contributed by atoms with Crippen LogP contribution in [0.4, 0.5) is 0 Å². The van der Waals surface area contributed by atoms with E-state index in [1.807, 2.05) is 6.92 Å². The molecule has 1 aromatic heterocycles. The molecule has 1 saturated heterocycles. The van der Waals surface area contributed by atoms with Crippen LogP contribution >= 0.6 is 11.3 Å². The lowest BCUT2D eigenvalue weighted by molar-refractivity contribution is -0.124. The van der Waals surface area contributed by atoms with Gasteiger partial charge in [-0.05, 0) is 19.3 Å². The van der Waals surface area contributed by atoms with Crippen LogP contribution in [0.2, 0.25) is 0 Å². The predicted octanol–water partition coefficient (Wildman–Crippen LogP) is 1.09. The van der Waals surface area contributed by atoms with Crippen molar-refractivity contribution in [3.63, 3.8) is 0 Å². The molecule has 0 spiro atoms. The normalized spacial score (nSPS) is 18.4. The first-order valence-electron chi connectivity index (χ1n) is 8.30. The van der Waals surface area contributed by atoms with Crippen LogP contribution in [0.15, 0.2) is 5.38 Å². The van der Waals surface area contributed by atoms with Crippen LogP contribution in [0, 0.1) is 0 Å². The topological polar surface area (TPSA) is 117 Å². The van der Waals surface area contributed by atoms with E-state index in [-0.39, 0.29) is 17.4 Å². The molecule has 25 heavy (non-hydrogen) atoms. The highest BCUT2D eigenvalue weighted by Gasteiger charge is 2.37. The van der Waals surface area contributed by atoms with Gasteiger partial charge in [-0.2, -0.15) is 4.31 Å². The Morgan fingerprint density at radius 2 is 2.24 bits per heavy atom. The number of amides is 1. The average Bonchev–Trinajstić information content (AvgIpc) is 3.22. The van der Waals surface area contributed by atoms with E-state index >= 15 is 0 Å². The number of sulfonamides is 1. The lowest BCUT2D eigenvalue weighted by Crippen LogP contribution is -2.47. The maximum Gasteiger partial charge on any atom is 0.355 e. The monoisotopic (exact) mass is 389 g/mol. The largest absolute Gasteiger partial charge is 0.476 e. The molecule has 1 aliphatic heterocycles. The number of aromatic carboxylic acids is 1. The highest BCUT2D eigenvalue weighted by Crippen LogP contribution is 2.22. The Morgan fingerprint density at radius 3 is 2.88 bits per heavy atom. The molecular weight excluding hydrogens is 366 g/mol. The van der Waals surface area contributed by atoms with Gasteiger partial charge in [0.25, 0.3) is 0 Å². The Bertz CT molecular complexity index is 717. The second-order valence-electron chi connectivity index (χ2n) is 5.91. The molecule has 140 valence electrons. The molecule has 1 atom stereocenters. The van der Waals surface area contributed by atoms with Crippen molar-refractivity contribution in [1.82, 2.24) is 14.6 Å².